The van der Waals surface area contributed by atoms with Crippen molar-refractivity contribution in [3.05, 3.63) is 96.2 Å². The van der Waals surface area contributed by atoms with Crippen LogP contribution in [-0.4, -0.2) is 23.8 Å². The standard InChI is InChI=1S/C26H26N2O4S/c1-15(2)32-25(30)22-17(4)27-26-28(23(22)19-9-11-20(31-5)12-10-19)24(29)21(33-26)14-18-8-6-7-16(3)13-18/h6-15,23H,1-5H3/b21-14+/t23-/m1/s1. The first-order valence-corrected chi connectivity index (χ1v) is 11.5. The first-order chi connectivity index (χ1) is 15.8. The second kappa shape index (κ2) is 9.19. The first kappa shape index (κ1) is 22.7. The van der Waals surface area contributed by atoms with E-state index >= 15 is 0 Å². The molecule has 0 saturated heterocycles. The summed E-state index contributed by atoms with van der Waals surface area (Å²) in [5, 5.41) is 0. The molecule has 33 heavy (non-hydrogen) atoms. The second-order valence-electron chi connectivity index (χ2n) is 8.22. The molecule has 2 aromatic carbocycles. The van der Waals surface area contributed by atoms with E-state index < -0.39 is 12.0 Å². The van der Waals surface area contributed by atoms with Crippen molar-refractivity contribution < 1.29 is 14.3 Å². The largest absolute Gasteiger partial charge is 0.497 e. The summed E-state index contributed by atoms with van der Waals surface area (Å²) in [6.45, 7) is 7.39. The van der Waals surface area contributed by atoms with E-state index in [2.05, 4.69) is 4.99 Å². The molecule has 0 aliphatic carbocycles. The van der Waals surface area contributed by atoms with Crippen LogP contribution in [0.4, 0.5) is 0 Å². The van der Waals surface area contributed by atoms with Gasteiger partial charge in [-0.1, -0.05) is 53.3 Å². The Bertz CT molecular complexity index is 1410. The summed E-state index contributed by atoms with van der Waals surface area (Å²) in [7, 11) is 1.60. The Hall–Kier alpha value is -3.45. The maximum atomic E-state index is 13.6. The Morgan fingerprint density at radius 1 is 1.15 bits per heavy atom. The Morgan fingerprint density at radius 3 is 2.52 bits per heavy atom. The summed E-state index contributed by atoms with van der Waals surface area (Å²) >= 11 is 1.32. The highest BCUT2D eigenvalue weighted by atomic mass is 32.1. The molecule has 6 nitrogen and oxygen atoms in total. The number of ether oxygens (including phenoxy) is 2. The van der Waals surface area contributed by atoms with Gasteiger partial charge in [0.2, 0.25) is 0 Å². The SMILES string of the molecule is COc1ccc([C@@H]2C(C(=O)OC(C)C)=C(C)N=c3s/c(=C/c4cccc(C)c4)c(=O)n32)cc1. The van der Waals surface area contributed by atoms with Gasteiger partial charge in [0.15, 0.2) is 4.80 Å². The molecule has 0 spiro atoms. The average molecular weight is 463 g/mol. The summed E-state index contributed by atoms with van der Waals surface area (Å²) in [5.74, 6) is 0.220. The van der Waals surface area contributed by atoms with Gasteiger partial charge in [-0.05, 0) is 57.0 Å². The summed E-state index contributed by atoms with van der Waals surface area (Å²) in [5.41, 5.74) is 3.55. The molecule has 3 aromatic rings. The van der Waals surface area contributed by atoms with E-state index in [1.807, 2.05) is 61.5 Å². The highest BCUT2D eigenvalue weighted by molar-refractivity contribution is 7.07. The quantitative estimate of drug-likeness (QED) is 0.544. The summed E-state index contributed by atoms with van der Waals surface area (Å²) < 4.78 is 13.0. The smallest absolute Gasteiger partial charge is 0.338 e. The number of esters is 1. The summed E-state index contributed by atoms with van der Waals surface area (Å²) in [6.07, 6.45) is 1.58. The van der Waals surface area contributed by atoms with Crippen molar-refractivity contribution in [2.24, 2.45) is 4.99 Å². The zero-order valence-electron chi connectivity index (χ0n) is 19.3. The van der Waals surface area contributed by atoms with E-state index in [4.69, 9.17) is 9.47 Å². The second-order valence-corrected chi connectivity index (χ2v) is 9.23. The highest BCUT2D eigenvalue weighted by Gasteiger charge is 2.33. The van der Waals surface area contributed by atoms with Gasteiger partial charge in [-0.25, -0.2) is 9.79 Å². The number of thiazole rings is 1. The number of carbonyl (C=O) groups excluding carboxylic acids is 1. The molecule has 1 aromatic heterocycles. The minimum absolute atomic E-state index is 0.191. The van der Waals surface area contributed by atoms with Crippen LogP contribution >= 0.6 is 11.3 Å². The van der Waals surface area contributed by atoms with Gasteiger partial charge >= 0.3 is 5.97 Å². The molecule has 4 rings (SSSR count). The van der Waals surface area contributed by atoms with Crippen LogP contribution in [0.2, 0.25) is 0 Å². The number of carbonyl (C=O) groups is 1. The number of nitrogens with zero attached hydrogens (tertiary/aromatic N) is 2. The lowest BCUT2D eigenvalue weighted by atomic mass is 9.96. The third kappa shape index (κ3) is 4.54. The molecule has 0 saturated carbocycles. The van der Waals surface area contributed by atoms with Crippen LogP contribution < -0.4 is 19.6 Å². The molecule has 1 atom stereocenters. The zero-order chi connectivity index (χ0) is 23.7. The van der Waals surface area contributed by atoms with Crippen LogP contribution in [0.3, 0.4) is 0 Å². The molecule has 0 bridgehead atoms. The van der Waals surface area contributed by atoms with E-state index in [1.54, 1.807) is 32.4 Å². The number of fused-ring (bicyclic) bond motifs is 1. The number of aromatic nitrogens is 1. The van der Waals surface area contributed by atoms with Gasteiger partial charge in [-0.2, -0.15) is 0 Å². The molecule has 2 heterocycles. The van der Waals surface area contributed by atoms with E-state index in [0.717, 1.165) is 16.7 Å². The molecule has 0 amide bonds. The monoisotopic (exact) mass is 462 g/mol. The minimum Gasteiger partial charge on any atom is -0.497 e. The molecule has 0 fully saturated rings. The van der Waals surface area contributed by atoms with Gasteiger partial charge < -0.3 is 9.47 Å². The van der Waals surface area contributed by atoms with Gasteiger partial charge in [0.1, 0.15) is 5.75 Å². The van der Waals surface area contributed by atoms with Crippen LogP contribution in [-0.2, 0) is 9.53 Å². The summed E-state index contributed by atoms with van der Waals surface area (Å²) in [6, 6.07) is 14.7. The maximum Gasteiger partial charge on any atom is 0.338 e. The van der Waals surface area contributed by atoms with Gasteiger partial charge in [-0.3, -0.25) is 9.36 Å². The fourth-order valence-corrected chi connectivity index (χ4v) is 4.92. The predicted molar refractivity (Wildman–Crippen MR) is 129 cm³/mol. The van der Waals surface area contributed by atoms with E-state index in [-0.39, 0.29) is 11.7 Å². The molecule has 7 heteroatoms. The lowest BCUT2D eigenvalue weighted by Crippen LogP contribution is -2.40. The van der Waals surface area contributed by atoms with Crippen LogP contribution in [0, 0.1) is 6.92 Å². The van der Waals surface area contributed by atoms with Gasteiger partial charge in [-0.15, -0.1) is 0 Å². The van der Waals surface area contributed by atoms with Crippen molar-refractivity contribution in [3.8, 4) is 5.75 Å². The highest BCUT2D eigenvalue weighted by Crippen LogP contribution is 2.31. The Labute approximate surface area is 196 Å². The lowest BCUT2D eigenvalue weighted by Gasteiger charge is -2.25. The average Bonchev–Trinajstić information content (AvgIpc) is 3.07. The van der Waals surface area contributed by atoms with Gasteiger partial charge in [0.25, 0.3) is 5.56 Å². The van der Waals surface area contributed by atoms with Crippen molar-refractivity contribution in [2.45, 2.75) is 39.8 Å². The van der Waals surface area contributed by atoms with Crippen LogP contribution in [0.5, 0.6) is 5.75 Å². The van der Waals surface area contributed by atoms with Crippen molar-refractivity contribution in [1.82, 2.24) is 4.57 Å². The molecule has 0 radical (unpaired) electrons. The van der Waals surface area contributed by atoms with Crippen molar-refractivity contribution in [2.75, 3.05) is 7.11 Å². The van der Waals surface area contributed by atoms with Crippen LogP contribution in [0.25, 0.3) is 6.08 Å². The Morgan fingerprint density at radius 2 is 1.88 bits per heavy atom. The lowest BCUT2D eigenvalue weighted by molar-refractivity contribution is -0.143. The number of hydrogen-bond donors (Lipinski definition) is 0. The fraction of sp³-hybridized carbons (Fsp3) is 0.269. The Balaban J connectivity index is 1.94. The maximum absolute atomic E-state index is 13.6. The predicted octanol–water partition coefficient (Wildman–Crippen LogP) is 3.50. The van der Waals surface area contributed by atoms with E-state index in [1.165, 1.54) is 11.3 Å². The normalized spacial score (nSPS) is 15.9. The third-order valence-electron chi connectivity index (χ3n) is 5.36. The van der Waals surface area contributed by atoms with E-state index in [0.29, 0.717) is 26.4 Å². The topological polar surface area (TPSA) is 69.9 Å². The van der Waals surface area contributed by atoms with Crippen molar-refractivity contribution in [1.29, 1.82) is 0 Å². The molecular formula is C26H26N2O4S. The van der Waals surface area contributed by atoms with Crippen molar-refractivity contribution >= 4 is 23.4 Å². The number of hydrogen-bond acceptors (Lipinski definition) is 6. The number of benzene rings is 2. The number of aryl methyl sites for hydroxylation is 1. The number of rotatable bonds is 5. The molecule has 0 N–H and O–H groups in total. The zero-order valence-corrected chi connectivity index (χ0v) is 20.1. The minimum atomic E-state index is -0.641. The van der Waals surface area contributed by atoms with Crippen molar-refractivity contribution in [3.63, 3.8) is 0 Å². The number of allylic oxidation sites excluding steroid dienone is 1. The van der Waals surface area contributed by atoms with Crippen LogP contribution in [0.1, 0.15) is 43.5 Å². The van der Waals surface area contributed by atoms with Gasteiger partial charge in [0.05, 0.1) is 35.1 Å². The molecule has 1 aliphatic heterocycles. The fourth-order valence-electron chi connectivity index (χ4n) is 3.87. The molecule has 1 aliphatic rings. The first-order valence-electron chi connectivity index (χ1n) is 10.7. The molecule has 0 unspecified atom stereocenters. The summed E-state index contributed by atoms with van der Waals surface area (Å²) in [4.78, 5) is 31.9. The Kier molecular flexibility index (Phi) is 6.33. The van der Waals surface area contributed by atoms with E-state index in [9.17, 15) is 9.59 Å². The molecular weight excluding hydrogens is 436 g/mol. The van der Waals surface area contributed by atoms with Gasteiger partial charge in [0, 0.05) is 0 Å². The number of methoxy groups -OCH3 is 1. The van der Waals surface area contributed by atoms with Crippen LogP contribution in [0.15, 0.2) is 69.6 Å². The molecule has 170 valence electrons. The third-order valence-corrected chi connectivity index (χ3v) is 6.34.